The Morgan fingerprint density at radius 3 is 2.95 bits per heavy atom. The molecule has 1 aliphatic rings. The summed E-state index contributed by atoms with van der Waals surface area (Å²) in [6.45, 7) is 0. The summed E-state index contributed by atoms with van der Waals surface area (Å²) in [6.07, 6.45) is -0.0812. The third kappa shape index (κ3) is 2.38. The molecule has 3 rings (SSSR count). The van der Waals surface area contributed by atoms with Crippen LogP contribution in [0.2, 0.25) is 0 Å². The highest BCUT2D eigenvalue weighted by Gasteiger charge is 2.30. The van der Waals surface area contributed by atoms with Gasteiger partial charge >= 0.3 is 0 Å². The molecule has 0 aliphatic carbocycles. The Labute approximate surface area is 123 Å². The van der Waals surface area contributed by atoms with Crippen molar-refractivity contribution >= 4 is 27.3 Å². The number of ether oxygens (including phenoxy) is 2. The molecule has 0 radical (unpaired) electrons. The first-order valence-corrected chi connectivity index (χ1v) is 7.62. The second-order valence-electron chi connectivity index (χ2n) is 4.39. The number of benzene rings is 1. The lowest BCUT2D eigenvalue weighted by atomic mass is 9.98. The maximum atomic E-state index is 10.3. The second-order valence-corrected chi connectivity index (χ2v) is 6.20. The number of halogens is 1. The first-order valence-electron chi connectivity index (χ1n) is 5.94. The van der Waals surface area contributed by atoms with Crippen molar-refractivity contribution in [2.45, 2.75) is 18.6 Å². The fourth-order valence-electron chi connectivity index (χ4n) is 2.25. The lowest BCUT2D eigenvalue weighted by molar-refractivity contribution is 0.0668. The van der Waals surface area contributed by atoms with E-state index in [9.17, 15) is 5.11 Å². The molecule has 2 aromatic rings. The summed E-state index contributed by atoms with van der Waals surface area (Å²) in [7, 11) is 1.61. The van der Waals surface area contributed by atoms with E-state index in [4.69, 9.17) is 9.47 Å². The molecule has 5 heteroatoms. The van der Waals surface area contributed by atoms with Gasteiger partial charge in [0, 0.05) is 16.5 Å². The molecule has 2 heterocycles. The lowest BCUT2D eigenvalue weighted by Crippen LogP contribution is -2.18. The zero-order chi connectivity index (χ0) is 13.4. The summed E-state index contributed by atoms with van der Waals surface area (Å²) in [5.41, 5.74) is 0.795. The highest BCUT2D eigenvalue weighted by molar-refractivity contribution is 9.10. The number of methoxy groups -OCH3 is 1. The van der Waals surface area contributed by atoms with Crippen LogP contribution in [-0.4, -0.2) is 12.2 Å². The molecule has 1 aliphatic heterocycles. The van der Waals surface area contributed by atoms with Crippen LogP contribution in [0.15, 0.2) is 34.1 Å². The van der Waals surface area contributed by atoms with Crippen LogP contribution in [0.3, 0.4) is 0 Å². The third-order valence-electron chi connectivity index (χ3n) is 3.22. The van der Waals surface area contributed by atoms with Crippen LogP contribution in [-0.2, 0) is 0 Å². The van der Waals surface area contributed by atoms with Gasteiger partial charge in [0.25, 0.3) is 0 Å². The molecule has 0 saturated heterocycles. The van der Waals surface area contributed by atoms with Gasteiger partial charge in [-0.05, 0) is 45.6 Å². The fraction of sp³-hybridized carbons (Fsp3) is 0.286. The van der Waals surface area contributed by atoms with Crippen molar-refractivity contribution in [3.05, 3.63) is 44.6 Å². The van der Waals surface area contributed by atoms with Gasteiger partial charge < -0.3 is 14.6 Å². The van der Waals surface area contributed by atoms with Gasteiger partial charge in [0.1, 0.15) is 17.6 Å². The summed E-state index contributed by atoms with van der Waals surface area (Å²) in [4.78, 5) is 1.11. The smallest absolute Gasteiger partial charge is 0.137 e. The topological polar surface area (TPSA) is 38.7 Å². The molecule has 19 heavy (non-hydrogen) atoms. The standard InChI is InChI=1S/C14H13BrO3S/c1-17-8-2-3-12-9(6-8)11(16)7-13(18-12)14-10(15)4-5-19-14/h2-6,11,13,16H,7H2,1H3/t11-,13?/m1/s1. The third-order valence-corrected chi connectivity index (χ3v) is 5.18. The van der Waals surface area contributed by atoms with E-state index < -0.39 is 6.10 Å². The van der Waals surface area contributed by atoms with Crippen LogP contribution in [0.5, 0.6) is 11.5 Å². The van der Waals surface area contributed by atoms with Gasteiger partial charge in [0.05, 0.1) is 18.1 Å². The highest BCUT2D eigenvalue weighted by atomic mass is 79.9. The maximum absolute atomic E-state index is 10.3. The van der Waals surface area contributed by atoms with Crippen molar-refractivity contribution in [3.8, 4) is 11.5 Å². The number of rotatable bonds is 2. The number of aliphatic hydroxyl groups excluding tert-OH is 1. The van der Waals surface area contributed by atoms with Crippen LogP contribution in [0.1, 0.15) is 29.1 Å². The molecule has 0 amide bonds. The molecule has 1 aromatic heterocycles. The molecule has 100 valence electrons. The minimum atomic E-state index is -0.530. The van der Waals surface area contributed by atoms with Gasteiger partial charge in [-0.15, -0.1) is 11.3 Å². The van der Waals surface area contributed by atoms with Gasteiger partial charge in [0.15, 0.2) is 0 Å². The van der Waals surface area contributed by atoms with Crippen molar-refractivity contribution in [2.75, 3.05) is 7.11 Å². The molecule has 1 unspecified atom stereocenters. The predicted octanol–water partition coefficient (Wildman–Crippen LogP) is 4.08. The molecular weight excluding hydrogens is 328 g/mol. The minimum absolute atomic E-state index is 0.106. The normalized spacial score (nSPS) is 21.6. The van der Waals surface area contributed by atoms with Gasteiger partial charge in [-0.25, -0.2) is 0 Å². The van der Waals surface area contributed by atoms with Crippen LogP contribution in [0.25, 0.3) is 0 Å². The Morgan fingerprint density at radius 1 is 1.42 bits per heavy atom. The maximum Gasteiger partial charge on any atom is 0.137 e. The molecule has 1 aromatic carbocycles. The Hall–Kier alpha value is -1.04. The Kier molecular flexibility index (Phi) is 3.52. The quantitative estimate of drug-likeness (QED) is 0.895. The largest absolute Gasteiger partial charge is 0.497 e. The van der Waals surface area contributed by atoms with E-state index in [-0.39, 0.29) is 6.10 Å². The molecular formula is C14H13BrO3S. The van der Waals surface area contributed by atoms with Gasteiger partial charge in [0.2, 0.25) is 0 Å². The van der Waals surface area contributed by atoms with Crippen molar-refractivity contribution in [3.63, 3.8) is 0 Å². The van der Waals surface area contributed by atoms with E-state index in [2.05, 4.69) is 15.9 Å². The van der Waals surface area contributed by atoms with Crippen molar-refractivity contribution in [1.82, 2.24) is 0 Å². The summed E-state index contributed by atoms with van der Waals surface area (Å²) < 4.78 is 12.2. The summed E-state index contributed by atoms with van der Waals surface area (Å²) in [6, 6.07) is 7.53. The van der Waals surface area contributed by atoms with E-state index in [0.29, 0.717) is 6.42 Å². The van der Waals surface area contributed by atoms with E-state index in [1.54, 1.807) is 18.4 Å². The van der Waals surface area contributed by atoms with Gasteiger partial charge in [-0.3, -0.25) is 0 Å². The number of hydrogen-bond donors (Lipinski definition) is 1. The number of thiophene rings is 1. The van der Waals surface area contributed by atoms with Crippen LogP contribution in [0, 0.1) is 0 Å². The Balaban J connectivity index is 1.94. The average molecular weight is 341 g/mol. The zero-order valence-electron chi connectivity index (χ0n) is 10.3. The van der Waals surface area contributed by atoms with Crippen LogP contribution >= 0.6 is 27.3 Å². The van der Waals surface area contributed by atoms with Gasteiger partial charge in [-0.1, -0.05) is 0 Å². The lowest BCUT2D eigenvalue weighted by Gasteiger charge is -2.29. The highest BCUT2D eigenvalue weighted by Crippen LogP contribution is 2.44. The monoisotopic (exact) mass is 340 g/mol. The first-order chi connectivity index (χ1) is 9.19. The predicted molar refractivity (Wildman–Crippen MR) is 78.0 cm³/mol. The van der Waals surface area contributed by atoms with Crippen LogP contribution in [0.4, 0.5) is 0 Å². The molecule has 0 spiro atoms. The van der Waals surface area contributed by atoms with E-state index in [1.165, 1.54) is 0 Å². The van der Waals surface area contributed by atoms with Crippen molar-refractivity contribution in [1.29, 1.82) is 0 Å². The Bertz CT molecular complexity index is 596. The summed E-state index contributed by atoms with van der Waals surface area (Å²) in [5, 5.41) is 12.3. The summed E-state index contributed by atoms with van der Waals surface area (Å²) in [5.74, 6) is 1.46. The summed E-state index contributed by atoms with van der Waals surface area (Å²) >= 11 is 5.15. The number of fused-ring (bicyclic) bond motifs is 1. The molecule has 0 saturated carbocycles. The van der Waals surface area contributed by atoms with E-state index in [0.717, 1.165) is 26.4 Å². The molecule has 2 atom stereocenters. The van der Waals surface area contributed by atoms with Gasteiger partial charge in [-0.2, -0.15) is 0 Å². The van der Waals surface area contributed by atoms with Crippen molar-refractivity contribution in [2.24, 2.45) is 0 Å². The van der Waals surface area contributed by atoms with E-state index in [1.807, 2.05) is 29.6 Å². The number of aliphatic hydroxyl groups is 1. The minimum Gasteiger partial charge on any atom is -0.497 e. The molecule has 3 nitrogen and oxygen atoms in total. The van der Waals surface area contributed by atoms with Crippen molar-refractivity contribution < 1.29 is 14.6 Å². The Morgan fingerprint density at radius 2 is 2.26 bits per heavy atom. The second kappa shape index (κ2) is 5.15. The average Bonchev–Trinajstić information content (AvgIpc) is 2.84. The molecule has 0 bridgehead atoms. The van der Waals surface area contributed by atoms with Crippen LogP contribution < -0.4 is 9.47 Å². The molecule has 1 N–H and O–H groups in total. The molecule has 0 fully saturated rings. The zero-order valence-corrected chi connectivity index (χ0v) is 12.7. The first kappa shape index (κ1) is 13.0. The van der Waals surface area contributed by atoms with E-state index >= 15 is 0 Å². The number of hydrogen-bond acceptors (Lipinski definition) is 4. The SMILES string of the molecule is COc1ccc2c(c1)[C@H](O)CC(c1sccc1Br)O2. The fourth-order valence-corrected chi connectivity index (χ4v) is 3.92.